The summed E-state index contributed by atoms with van der Waals surface area (Å²) in [4.78, 5) is 17.2. The molecule has 0 aliphatic carbocycles. The molecule has 1 aliphatic rings. The third-order valence-electron chi connectivity index (χ3n) is 5.61. The summed E-state index contributed by atoms with van der Waals surface area (Å²) in [6.07, 6.45) is 0. The fraction of sp³-hybridized carbons (Fsp3) is 0.435. The van der Waals surface area contributed by atoms with Crippen LogP contribution in [0.3, 0.4) is 0 Å². The van der Waals surface area contributed by atoms with Crippen molar-refractivity contribution in [1.29, 1.82) is 0 Å². The molecule has 1 heterocycles. The predicted octanol–water partition coefficient (Wildman–Crippen LogP) is 3.00. The van der Waals surface area contributed by atoms with E-state index in [1.807, 2.05) is 13.0 Å². The van der Waals surface area contributed by atoms with Crippen molar-refractivity contribution in [2.24, 2.45) is 0 Å². The molecule has 7 nitrogen and oxygen atoms in total. The Bertz CT molecular complexity index is 900. The zero-order chi connectivity index (χ0) is 22.4. The van der Waals surface area contributed by atoms with Crippen molar-refractivity contribution in [1.82, 2.24) is 9.80 Å². The maximum Gasteiger partial charge on any atom is 0.241 e. The molecular formula is C23H30FN3O4. The number of ether oxygens (including phenoxy) is 3. The summed E-state index contributed by atoms with van der Waals surface area (Å²) in [7, 11) is 4.59. The third-order valence-corrected chi connectivity index (χ3v) is 5.61. The van der Waals surface area contributed by atoms with Crippen molar-refractivity contribution in [3.63, 3.8) is 0 Å². The highest BCUT2D eigenvalue weighted by Gasteiger charge is 2.26. The number of hydrogen-bond donors (Lipinski definition) is 1. The normalized spacial score (nSPS) is 15.9. The average Bonchev–Trinajstić information content (AvgIpc) is 2.79. The van der Waals surface area contributed by atoms with Gasteiger partial charge in [-0.25, -0.2) is 4.39 Å². The summed E-state index contributed by atoms with van der Waals surface area (Å²) in [6, 6.07) is 10.1. The van der Waals surface area contributed by atoms with Gasteiger partial charge in [0.15, 0.2) is 23.1 Å². The van der Waals surface area contributed by atoms with E-state index in [9.17, 15) is 9.18 Å². The highest BCUT2D eigenvalue weighted by molar-refractivity contribution is 5.94. The molecule has 1 saturated heterocycles. The number of amides is 1. The van der Waals surface area contributed by atoms with Gasteiger partial charge in [0, 0.05) is 44.5 Å². The number of anilines is 1. The lowest BCUT2D eigenvalue weighted by atomic mass is 10.1. The Morgan fingerprint density at radius 1 is 0.968 bits per heavy atom. The Labute approximate surface area is 182 Å². The number of halogens is 1. The van der Waals surface area contributed by atoms with Gasteiger partial charge in [-0.15, -0.1) is 0 Å². The third kappa shape index (κ3) is 5.65. The van der Waals surface area contributed by atoms with Crippen LogP contribution in [0.15, 0.2) is 36.4 Å². The van der Waals surface area contributed by atoms with Gasteiger partial charge < -0.3 is 19.5 Å². The van der Waals surface area contributed by atoms with Crippen LogP contribution in [-0.2, 0) is 11.3 Å². The Hall–Kier alpha value is -2.84. The first-order chi connectivity index (χ1) is 14.9. The van der Waals surface area contributed by atoms with Gasteiger partial charge in [0.05, 0.1) is 27.4 Å². The fourth-order valence-electron chi connectivity index (χ4n) is 3.70. The lowest BCUT2D eigenvalue weighted by molar-refractivity contribution is -0.121. The second-order valence-electron chi connectivity index (χ2n) is 7.52. The summed E-state index contributed by atoms with van der Waals surface area (Å²) in [5.41, 5.74) is 1.57. The lowest BCUT2D eigenvalue weighted by Gasteiger charge is -2.37. The van der Waals surface area contributed by atoms with E-state index in [1.165, 1.54) is 13.2 Å². The molecule has 1 N–H and O–H groups in total. The molecule has 0 radical (unpaired) electrons. The van der Waals surface area contributed by atoms with Gasteiger partial charge >= 0.3 is 0 Å². The van der Waals surface area contributed by atoms with Gasteiger partial charge in [-0.1, -0.05) is 6.07 Å². The molecule has 1 amide bonds. The highest BCUT2D eigenvalue weighted by Crippen LogP contribution is 2.30. The molecule has 1 atom stereocenters. The van der Waals surface area contributed by atoms with Crippen LogP contribution in [0.25, 0.3) is 0 Å². The molecule has 31 heavy (non-hydrogen) atoms. The second-order valence-corrected chi connectivity index (χ2v) is 7.52. The number of benzene rings is 2. The number of piperazine rings is 1. The number of methoxy groups -OCH3 is 3. The number of carbonyl (C=O) groups is 1. The SMILES string of the molecule is COc1ccc(CN2CCN(C(C)C(=O)Nc3ccc(OC)c(OC)c3)CC2)cc1F. The standard InChI is InChI=1S/C23H30FN3O4/c1-16(23(28)25-18-6-8-21(30-3)22(14-18)31-4)27-11-9-26(10-12-27)15-17-5-7-20(29-2)19(24)13-17/h5-8,13-14,16H,9-12,15H2,1-4H3,(H,25,28). The van der Waals surface area contributed by atoms with E-state index in [0.717, 1.165) is 31.7 Å². The smallest absolute Gasteiger partial charge is 0.241 e. The number of rotatable bonds is 8. The summed E-state index contributed by atoms with van der Waals surface area (Å²) in [5, 5.41) is 2.95. The number of nitrogens with one attached hydrogen (secondary N) is 1. The first-order valence-electron chi connectivity index (χ1n) is 10.3. The lowest BCUT2D eigenvalue weighted by Crippen LogP contribution is -2.52. The molecule has 8 heteroatoms. The minimum atomic E-state index is -0.348. The van der Waals surface area contributed by atoms with Crippen molar-refractivity contribution < 1.29 is 23.4 Å². The van der Waals surface area contributed by atoms with Gasteiger partial charge in [0.25, 0.3) is 0 Å². The molecular weight excluding hydrogens is 401 g/mol. The molecule has 0 aromatic heterocycles. The van der Waals surface area contributed by atoms with E-state index in [0.29, 0.717) is 23.7 Å². The van der Waals surface area contributed by atoms with Gasteiger partial charge in [-0.2, -0.15) is 0 Å². The molecule has 3 rings (SSSR count). The summed E-state index contributed by atoms with van der Waals surface area (Å²) in [5.74, 6) is 1.01. The van der Waals surface area contributed by atoms with E-state index >= 15 is 0 Å². The monoisotopic (exact) mass is 431 g/mol. The van der Waals surface area contributed by atoms with Crippen molar-refractivity contribution in [3.8, 4) is 17.2 Å². The molecule has 1 fully saturated rings. The van der Waals surface area contributed by atoms with Crippen LogP contribution in [0.1, 0.15) is 12.5 Å². The van der Waals surface area contributed by atoms with Gasteiger partial charge in [-0.05, 0) is 36.8 Å². The number of hydrogen-bond acceptors (Lipinski definition) is 6. The van der Waals surface area contributed by atoms with Gasteiger partial charge in [0.1, 0.15) is 0 Å². The average molecular weight is 432 g/mol. The predicted molar refractivity (Wildman–Crippen MR) is 117 cm³/mol. The minimum absolute atomic E-state index is 0.0714. The van der Waals surface area contributed by atoms with E-state index in [-0.39, 0.29) is 23.5 Å². The van der Waals surface area contributed by atoms with Gasteiger partial charge in [-0.3, -0.25) is 14.6 Å². The van der Waals surface area contributed by atoms with E-state index < -0.39 is 0 Å². The summed E-state index contributed by atoms with van der Waals surface area (Å²) >= 11 is 0. The molecule has 2 aromatic rings. The maximum atomic E-state index is 13.9. The van der Waals surface area contributed by atoms with E-state index in [4.69, 9.17) is 14.2 Å². The van der Waals surface area contributed by atoms with E-state index in [1.54, 1.807) is 38.5 Å². The molecule has 168 valence electrons. The van der Waals surface area contributed by atoms with Crippen LogP contribution in [0, 0.1) is 5.82 Å². The Morgan fingerprint density at radius 2 is 1.61 bits per heavy atom. The zero-order valence-electron chi connectivity index (χ0n) is 18.5. The van der Waals surface area contributed by atoms with Crippen molar-refractivity contribution in [2.45, 2.75) is 19.5 Å². The second kappa shape index (κ2) is 10.5. The molecule has 0 spiro atoms. The topological polar surface area (TPSA) is 63.3 Å². The van der Waals surface area contributed by atoms with E-state index in [2.05, 4.69) is 15.1 Å². The van der Waals surface area contributed by atoms with Crippen LogP contribution < -0.4 is 19.5 Å². The molecule has 0 saturated carbocycles. The van der Waals surface area contributed by atoms with Crippen molar-refractivity contribution in [3.05, 3.63) is 47.8 Å². The summed E-state index contributed by atoms with van der Waals surface area (Å²) in [6.45, 7) is 5.72. The Balaban J connectivity index is 1.52. The largest absolute Gasteiger partial charge is 0.494 e. The first kappa shape index (κ1) is 22.8. The molecule has 2 aromatic carbocycles. The van der Waals surface area contributed by atoms with Crippen LogP contribution in [0.2, 0.25) is 0 Å². The first-order valence-corrected chi connectivity index (χ1v) is 10.3. The highest BCUT2D eigenvalue weighted by atomic mass is 19.1. The zero-order valence-corrected chi connectivity index (χ0v) is 18.5. The minimum Gasteiger partial charge on any atom is -0.494 e. The van der Waals surface area contributed by atoms with Crippen molar-refractivity contribution in [2.75, 3.05) is 52.8 Å². The van der Waals surface area contributed by atoms with Crippen LogP contribution in [0.4, 0.5) is 10.1 Å². The van der Waals surface area contributed by atoms with Crippen LogP contribution in [0.5, 0.6) is 17.2 Å². The van der Waals surface area contributed by atoms with Gasteiger partial charge in [0.2, 0.25) is 5.91 Å². The molecule has 1 unspecified atom stereocenters. The fourth-order valence-corrected chi connectivity index (χ4v) is 3.70. The Morgan fingerprint density at radius 3 is 2.23 bits per heavy atom. The molecule has 1 aliphatic heterocycles. The maximum absolute atomic E-state index is 13.9. The quantitative estimate of drug-likeness (QED) is 0.693. The number of nitrogens with zero attached hydrogens (tertiary/aromatic N) is 2. The number of carbonyl (C=O) groups excluding carboxylic acids is 1. The van der Waals surface area contributed by atoms with Crippen molar-refractivity contribution >= 4 is 11.6 Å². The molecule has 0 bridgehead atoms. The Kier molecular flexibility index (Phi) is 7.70. The summed E-state index contributed by atoms with van der Waals surface area (Å²) < 4.78 is 29.4. The van der Waals surface area contributed by atoms with Crippen LogP contribution in [-0.4, -0.2) is 69.3 Å². The van der Waals surface area contributed by atoms with Crippen LogP contribution >= 0.6 is 0 Å².